The van der Waals surface area contributed by atoms with Gasteiger partial charge in [-0.25, -0.2) is 10.2 Å². The minimum absolute atomic E-state index is 1.38. The number of hydrogen-bond acceptors (Lipinski definition) is 2. The number of rotatable bonds is 3. The molecule has 0 fully saturated rings. The first kappa shape index (κ1) is 8.11. The first-order valence-electron chi connectivity index (χ1n) is 2.22. The van der Waals surface area contributed by atoms with E-state index in [2.05, 4.69) is 14.7 Å². The van der Waals surface area contributed by atoms with E-state index in [1.54, 1.807) is 14.1 Å². The van der Waals surface area contributed by atoms with Gasteiger partial charge in [0.1, 0.15) is 0 Å². The average Bonchev–Trinajstić information content (AvgIpc) is 1.87. The molecule has 0 aliphatic carbocycles. The molecule has 0 spiro atoms. The van der Waals surface area contributed by atoms with Crippen molar-refractivity contribution in [2.24, 2.45) is 0 Å². The molecule has 0 aliphatic heterocycles. The summed E-state index contributed by atoms with van der Waals surface area (Å²) >= 11 is 0. The summed E-state index contributed by atoms with van der Waals surface area (Å²) in [5, 5.41) is 5.00. The van der Waals surface area contributed by atoms with Crippen molar-refractivity contribution in [1.82, 2.24) is 10.2 Å². The van der Waals surface area contributed by atoms with E-state index in [9.17, 15) is 4.57 Å². The monoisotopic (exact) mass is 138 g/mol. The van der Waals surface area contributed by atoms with Gasteiger partial charge in [-0.2, -0.15) is 0 Å². The zero-order chi connectivity index (χ0) is 6.62. The van der Waals surface area contributed by atoms with Crippen LogP contribution >= 0.6 is 7.67 Å². The fourth-order valence-corrected chi connectivity index (χ4v) is 0.883. The van der Waals surface area contributed by atoms with E-state index in [1.807, 2.05) is 0 Å². The molecule has 8 heavy (non-hydrogen) atoms. The lowest BCUT2D eigenvalue weighted by Gasteiger charge is -2.11. The maximum absolute atomic E-state index is 10.9. The van der Waals surface area contributed by atoms with E-state index in [0.29, 0.717) is 0 Å². The Bertz CT molecular complexity index is 86.4. The topological polar surface area (TPSA) is 50.4 Å². The van der Waals surface area contributed by atoms with Crippen LogP contribution in [-0.4, -0.2) is 21.2 Å². The normalized spacial score (nSPS) is 11.9. The van der Waals surface area contributed by atoms with Gasteiger partial charge in [-0.05, 0) is 14.1 Å². The van der Waals surface area contributed by atoms with Crippen LogP contribution in [0.2, 0.25) is 0 Å². The summed E-state index contributed by atoms with van der Waals surface area (Å²) in [7, 11) is 1.86. The molecule has 0 heterocycles. The first-order chi connectivity index (χ1) is 3.68. The van der Waals surface area contributed by atoms with Crippen LogP contribution in [0.1, 0.15) is 0 Å². The van der Waals surface area contributed by atoms with Crippen molar-refractivity contribution in [2.75, 3.05) is 21.2 Å². The Morgan fingerprint density at radius 1 is 1.38 bits per heavy atom. The van der Waals surface area contributed by atoms with Crippen LogP contribution in [0.4, 0.5) is 0 Å². The van der Waals surface area contributed by atoms with Gasteiger partial charge in [0, 0.05) is 7.11 Å². The van der Waals surface area contributed by atoms with Crippen LogP contribution in [0.5, 0.6) is 0 Å². The fourth-order valence-electron chi connectivity index (χ4n) is 0.294. The Morgan fingerprint density at radius 3 is 1.75 bits per heavy atom. The summed E-state index contributed by atoms with van der Waals surface area (Å²) in [6, 6.07) is 0. The molecule has 0 amide bonds. The lowest BCUT2D eigenvalue weighted by molar-refractivity contribution is 0.378. The summed E-state index contributed by atoms with van der Waals surface area (Å²) in [6.07, 6.45) is 0. The van der Waals surface area contributed by atoms with E-state index in [1.165, 1.54) is 7.11 Å². The third kappa shape index (κ3) is 1.92. The van der Waals surface area contributed by atoms with Gasteiger partial charge in [-0.1, -0.05) is 0 Å². The Labute approximate surface area is 49.2 Å². The van der Waals surface area contributed by atoms with Crippen LogP contribution in [-0.2, 0) is 9.09 Å². The molecule has 0 aromatic rings. The first-order valence-corrected chi connectivity index (χ1v) is 3.85. The molecule has 5 heteroatoms. The van der Waals surface area contributed by atoms with Crippen LogP contribution in [0, 0.1) is 0 Å². The second-order valence-corrected chi connectivity index (χ2v) is 3.54. The molecule has 0 rings (SSSR count). The zero-order valence-electron chi connectivity index (χ0n) is 5.26. The van der Waals surface area contributed by atoms with Gasteiger partial charge in [0.25, 0.3) is 0 Å². The predicted octanol–water partition coefficient (Wildman–Crippen LogP) is 0.180. The van der Waals surface area contributed by atoms with Crippen molar-refractivity contribution < 1.29 is 9.09 Å². The minimum Gasteiger partial charge on any atom is -0.310 e. The SMILES string of the molecule is CNP(=O)(NC)OC. The summed E-state index contributed by atoms with van der Waals surface area (Å²) < 4.78 is 15.4. The van der Waals surface area contributed by atoms with E-state index in [0.717, 1.165) is 0 Å². The molecule has 0 bridgehead atoms. The van der Waals surface area contributed by atoms with Gasteiger partial charge < -0.3 is 4.52 Å². The van der Waals surface area contributed by atoms with E-state index in [-0.39, 0.29) is 0 Å². The lowest BCUT2D eigenvalue weighted by atomic mass is 11.6. The molecular weight excluding hydrogens is 127 g/mol. The van der Waals surface area contributed by atoms with Gasteiger partial charge in [0.05, 0.1) is 0 Å². The molecule has 0 aromatic carbocycles. The lowest BCUT2D eigenvalue weighted by Crippen LogP contribution is -2.16. The maximum Gasteiger partial charge on any atom is 0.339 e. The highest BCUT2D eigenvalue weighted by atomic mass is 31.2. The second kappa shape index (κ2) is 3.20. The van der Waals surface area contributed by atoms with Gasteiger partial charge in [0.15, 0.2) is 0 Å². The molecule has 50 valence electrons. The highest BCUT2D eigenvalue weighted by Gasteiger charge is 2.13. The quantitative estimate of drug-likeness (QED) is 0.546. The number of nitrogens with one attached hydrogen (secondary N) is 2. The van der Waals surface area contributed by atoms with Crippen molar-refractivity contribution in [1.29, 1.82) is 0 Å². The summed E-state index contributed by atoms with van der Waals surface area (Å²) in [5.74, 6) is 0. The number of hydrogen-bond donors (Lipinski definition) is 2. The summed E-state index contributed by atoms with van der Waals surface area (Å²) in [6.45, 7) is 0. The molecule has 0 saturated heterocycles. The van der Waals surface area contributed by atoms with Crippen LogP contribution < -0.4 is 10.2 Å². The van der Waals surface area contributed by atoms with E-state index in [4.69, 9.17) is 0 Å². The molecule has 2 N–H and O–H groups in total. The molecule has 0 radical (unpaired) electrons. The third-order valence-electron chi connectivity index (χ3n) is 0.846. The zero-order valence-corrected chi connectivity index (χ0v) is 6.16. The van der Waals surface area contributed by atoms with Crippen LogP contribution in [0.15, 0.2) is 0 Å². The van der Waals surface area contributed by atoms with Crippen molar-refractivity contribution in [2.45, 2.75) is 0 Å². The Balaban J connectivity index is 3.79. The van der Waals surface area contributed by atoms with E-state index >= 15 is 0 Å². The second-order valence-electron chi connectivity index (χ2n) is 1.18. The van der Waals surface area contributed by atoms with E-state index < -0.39 is 7.67 Å². The molecular formula is C3H11N2O2P. The molecule has 0 atom stereocenters. The molecule has 0 aliphatic rings. The van der Waals surface area contributed by atoms with Crippen LogP contribution in [0.3, 0.4) is 0 Å². The van der Waals surface area contributed by atoms with Crippen molar-refractivity contribution in [3.8, 4) is 0 Å². The highest BCUT2D eigenvalue weighted by molar-refractivity contribution is 7.54. The Kier molecular flexibility index (Phi) is 3.24. The minimum atomic E-state index is -2.66. The van der Waals surface area contributed by atoms with Gasteiger partial charge in [-0.15, -0.1) is 0 Å². The maximum atomic E-state index is 10.9. The summed E-state index contributed by atoms with van der Waals surface area (Å²) in [5.41, 5.74) is 0. The fraction of sp³-hybridized carbons (Fsp3) is 1.00. The molecule has 0 saturated carbocycles. The summed E-state index contributed by atoms with van der Waals surface area (Å²) in [4.78, 5) is 0. The highest BCUT2D eigenvalue weighted by Crippen LogP contribution is 2.33. The Morgan fingerprint density at radius 2 is 1.75 bits per heavy atom. The standard InChI is InChI=1S/C3H11N2O2P/c1-4-8(6,5-2)7-3/h1-3H3,(H2,4,5,6). The molecule has 0 aromatic heterocycles. The Hall–Kier alpha value is 0.110. The van der Waals surface area contributed by atoms with Crippen LogP contribution in [0.25, 0.3) is 0 Å². The largest absolute Gasteiger partial charge is 0.339 e. The predicted molar refractivity (Wildman–Crippen MR) is 32.7 cm³/mol. The van der Waals surface area contributed by atoms with Gasteiger partial charge in [0.2, 0.25) is 0 Å². The average molecular weight is 138 g/mol. The smallest absolute Gasteiger partial charge is 0.310 e. The van der Waals surface area contributed by atoms with Crippen molar-refractivity contribution in [3.05, 3.63) is 0 Å². The van der Waals surface area contributed by atoms with Crippen molar-refractivity contribution >= 4 is 7.67 Å². The molecule has 4 nitrogen and oxygen atoms in total. The van der Waals surface area contributed by atoms with Gasteiger partial charge >= 0.3 is 7.67 Å². The molecule has 0 unspecified atom stereocenters. The third-order valence-corrected chi connectivity index (χ3v) is 2.54. The van der Waals surface area contributed by atoms with Crippen molar-refractivity contribution in [3.63, 3.8) is 0 Å². The van der Waals surface area contributed by atoms with Gasteiger partial charge in [-0.3, -0.25) is 4.57 Å².